The molecule has 0 saturated heterocycles. The quantitative estimate of drug-likeness (QED) is 0.433. The molecule has 0 aliphatic heterocycles. The van der Waals surface area contributed by atoms with E-state index in [2.05, 4.69) is 10.6 Å². The Bertz CT molecular complexity index is 512. The van der Waals surface area contributed by atoms with Crippen LogP contribution in [0.1, 0.15) is 25.7 Å². The minimum absolute atomic E-state index is 0.0889. The second-order valence-corrected chi connectivity index (χ2v) is 4.87. The largest absolute Gasteiger partial charge is 0.508 e. The number of phenolic OH excluding ortho intramolecular Hbond substituents is 1. The average molecular weight is 279 g/mol. The summed E-state index contributed by atoms with van der Waals surface area (Å²) in [6.07, 6.45) is 4.46. The molecule has 20 heavy (non-hydrogen) atoms. The predicted octanol–water partition coefficient (Wildman–Crippen LogP) is 1.77. The van der Waals surface area contributed by atoms with E-state index >= 15 is 0 Å². The van der Waals surface area contributed by atoms with Crippen LogP contribution in [0.5, 0.6) is 5.75 Å². The lowest BCUT2D eigenvalue weighted by molar-refractivity contribution is -0.384. The molecule has 0 heterocycles. The molecule has 1 amide bonds. The second kappa shape index (κ2) is 6.33. The maximum Gasteiger partial charge on any atom is 0.296 e. The number of nitro groups is 1. The fourth-order valence-corrected chi connectivity index (χ4v) is 2.34. The number of hydrogen-bond acceptors (Lipinski definition) is 5. The molecule has 1 aromatic rings. The van der Waals surface area contributed by atoms with Crippen molar-refractivity contribution in [3.8, 4) is 5.75 Å². The number of nitrogens with zero attached hydrogens (tertiary/aromatic N) is 1. The lowest BCUT2D eigenvalue weighted by Crippen LogP contribution is -2.34. The summed E-state index contributed by atoms with van der Waals surface area (Å²) in [4.78, 5) is 22.0. The van der Waals surface area contributed by atoms with Crippen LogP contribution in [0, 0.1) is 10.1 Å². The smallest absolute Gasteiger partial charge is 0.296 e. The fourth-order valence-electron chi connectivity index (χ4n) is 2.34. The first-order chi connectivity index (χ1) is 9.56. The molecule has 1 saturated carbocycles. The van der Waals surface area contributed by atoms with Gasteiger partial charge in [0.1, 0.15) is 11.4 Å². The summed E-state index contributed by atoms with van der Waals surface area (Å²) in [7, 11) is 0. The number of amides is 1. The van der Waals surface area contributed by atoms with Gasteiger partial charge < -0.3 is 15.7 Å². The number of nitro benzene ring substituents is 1. The van der Waals surface area contributed by atoms with Crippen molar-refractivity contribution in [1.29, 1.82) is 0 Å². The van der Waals surface area contributed by atoms with Crippen LogP contribution in [0.4, 0.5) is 11.4 Å². The molecular weight excluding hydrogens is 262 g/mol. The summed E-state index contributed by atoms with van der Waals surface area (Å²) in [5.41, 5.74) is -0.231. The van der Waals surface area contributed by atoms with Gasteiger partial charge in [-0.1, -0.05) is 12.8 Å². The number of phenols is 1. The maximum absolute atomic E-state index is 11.8. The van der Waals surface area contributed by atoms with E-state index in [1.165, 1.54) is 25.0 Å². The van der Waals surface area contributed by atoms with Gasteiger partial charge in [-0.05, 0) is 25.0 Å². The fraction of sp³-hybridized carbons (Fsp3) is 0.462. The van der Waals surface area contributed by atoms with Gasteiger partial charge in [-0.3, -0.25) is 14.9 Å². The Labute approximate surface area is 116 Å². The molecule has 1 fully saturated rings. The Morgan fingerprint density at radius 2 is 2.10 bits per heavy atom. The third kappa shape index (κ3) is 3.67. The SMILES string of the molecule is O=C(CNC1CCCC1)Nc1ccc(O)cc1[N+](=O)[O-]. The average Bonchev–Trinajstić information content (AvgIpc) is 2.91. The van der Waals surface area contributed by atoms with Crippen molar-refractivity contribution in [3.05, 3.63) is 28.3 Å². The van der Waals surface area contributed by atoms with Crippen LogP contribution in [0.2, 0.25) is 0 Å². The van der Waals surface area contributed by atoms with Crippen LogP contribution in [0.3, 0.4) is 0 Å². The molecule has 0 atom stereocenters. The normalized spacial score (nSPS) is 15.2. The van der Waals surface area contributed by atoms with Gasteiger partial charge in [-0.2, -0.15) is 0 Å². The number of carbonyl (C=O) groups excluding carboxylic acids is 1. The standard InChI is InChI=1S/C13H17N3O4/c17-10-5-6-11(12(7-10)16(19)20)15-13(18)8-14-9-3-1-2-4-9/h5-7,9,14,17H,1-4,8H2,(H,15,18). The van der Waals surface area contributed by atoms with Crippen LogP contribution in [-0.2, 0) is 4.79 Å². The molecule has 0 spiro atoms. The van der Waals surface area contributed by atoms with Gasteiger partial charge in [0.15, 0.2) is 0 Å². The third-order valence-electron chi connectivity index (χ3n) is 3.36. The van der Waals surface area contributed by atoms with Crippen LogP contribution < -0.4 is 10.6 Å². The van der Waals surface area contributed by atoms with Crippen LogP contribution in [0.15, 0.2) is 18.2 Å². The first-order valence-electron chi connectivity index (χ1n) is 6.57. The van der Waals surface area contributed by atoms with E-state index in [1.807, 2.05) is 0 Å². The summed E-state index contributed by atoms with van der Waals surface area (Å²) in [6, 6.07) is 3.99. The van der Waals surface area contributed by atoms with Crippen molar-refractivity contribution < 1.29 is 14.8 Å². The molecule has 108 valence electrons. The van der Waals surface area contributed by atoms with E-state index in [9.17, 15) is 20.0 Å². The number of hydrogen-bond donors (Lipinski definition) is 3. The zero-order valence-corrected chi connectivity index (χ0v) is 11.0. The summed E-state index contributed by atoms with van der Waals surface area (Å²) < 4.78 is 0. The zero-order chi connectivity index (χ0) is 14.5. The van der Waals surface area contributed by atoms with Crippen LogP contribution in [-0.4, -0.2) is 28.5 Å². The summed E-state index contributed by atoms with van der Waals surface area (Å²) in [5, 5.41) is 25.7. The van der Waals surface area contributed by atoms with Gasteiger partial charge in [0, 0.05) is 6.04 Å². The Balaban J connectivity index is 1.94. The molecule has 0 bridgehead atoms. The molecule has 0 aromatic heterocycles. The second-order valence-electron chi connectivity index (χ2n) is 4.87. The minimum Gasteiger partial charge on any atom is -0.508 e. The third-order valence-corrected chi connectivity index (χ3v) is 3.36. The van der Waals surface area contributed by atoms with E-state index in [0.717, 1.165) is 18.9 Å². The first kappa shape index (κ1) is 14.3. The molecule has 1 aliphatic carbocycles. The zero-order valence-electron chi connectivity index (χ0n) is 11.0. The summed E-state index contributed by atoms with van der Waals surface area (Å²) in [5.74, 6) is -0.538. The van der Waals surface area contributed by atoms with Crippen molar-refractivity contribution in [3.63, 3.8) is 0 Å². The minimum atomic E-state index is -0.639. The molecule has 3 N–H and O–H groups in total. The molecule has 0 unspecified atom stereocenters. The highest BCUT2D eigenvalue weighted by atomic mass is 16.6. The van der Waals surface area contributed by atoms with Crippen LogP contribution >= 0.6 is 0 Å². The highest BCUT2D eigenvalue weighted by Crippen LogP contribution is 2.28. The Kier molecular flexibility index (Phi) is 4.52. The van der Waals surface area contributed by atoms with E-state index in [0.29, 0.717) is 6.04 Å². The highest BCUT2D eigenvalue weighted by molar-refractivity contribution is 5.94. The van der Waals surface area contributed by atoms with Crippen molar-refractivity contribution in [2.24, 2.45) is 0 Å². The van der Waals surface area contributed by atoms with Crippen molar-refractivity contribution >= 4 is 17.3 Å². The highest BCUT2D eigenvalue weighted by Gasteiger charge is 2.18. The molecule has 7 heteroatoms. The number of nitrogens with one attached hydrogen (secondary N) is 2. The van der Waals surface area contributed by atoms with Gasteiger partial charge in [0.2, 0.25) is 5.91 Å². The Morgan fingerprint density at radius 1 is 1.40 bits per heavy atom. The monoisotopic (exact) mass is 279 g/mol. The molecular formula is C13H17N3O4. The number of carbonyl (C=O) groups is 1. The summed E-state index contributed by atoms with van der Waals surface area (Å²) in [6.45, 7) is 0.128. The number of aromatic hydroxyl groups is 1. The first-order valence-corrected chi connectivity index (χ1v) is 6.57. The van der Waals surface area contributed by atoms with Crippen molar-refractivity contribution in [2.75, 3.05) is 11.9 Å². The van der Waals surface area contributed by atoms with Gasteiger partial charge in [0.05, 0.1) is 17.5 Å². The van der Waals surface area contributed by atoms with Gasteiger partial charge in [-0.25, -0.2) is 0 Å². The van der Waals surface area contributed by atoms with Crippen molar-refractivity contribution in [1.82, 2.24) is 5.32 Å². The number of benzene rings is 1. The number of rotatable bonds is 5. The van der Waals surface area contributed by atoms with E-state index in [4.69, 9.17) is 0 Å². The van der Waals surface area contributed by atoms with E-state index < -0.39 is 4.92 Å². The van der Waals surface area contributed by atoms with Crippen molar-refractivity contribution in [2.45, 2.75) is 31.7 Å². The molecule has 0 radical (unpaired) electrons. The molecule has 7 nitrogen and oxygen atoms in total. The van der Waals surface area contributed by atoms with Crippen LogP contribution in [0.25, 0.3) is 0 Å². The number of anilines is 1. The van der Waals surface area contributed by atoms with Gasteiger partial charge >= 0.3 is 0 Å². The van der Waals surface area contributed by atoms with E-state index in [1.54, 1.807) is 0 Å². The molecule has 1 aliphatic rings. The topological polar surface area (TPSA) is 104 Å². The molecule has 2 rings (SSSR count). The predicted molar refractivity (Wildman–Crippen MR) is 73.6 cm³/mol. The lowest BCUT2D eigenvalue weighted by Gasteiger charge is -2.11. The Morgan fingerprint density at radius 3 is 2.75 bits per heavy atom. The van der Waals surface area contributed by atoms with Gasteiger partial charge in [0.25, 0.3) is 5.69 Å². The lowest BCUT2D eigenvalue weighted by atomic mass is 10.2. The Hall–Kier alpha value is -2.15. The molecule has 1 aromatic carbocycles. The summed E-state index contributed by atoms with van der Waals surface area (Å²) >= 11 is 0. The van der Waals surface area contributed by atoms with E-state index in [-0.39, 0.29) is 29.6 Å². The maximum atomic E-state index is 11.8. The van der Waals surface area contributed by atoms with Gasteiger partial charge in [-0.15, -0.1) is 0 Å².